The molecule has 2 aromatic rings. The Balaban J connectivity index is 1.80. The van der Waals surface area contributed by atoms with Gasteiger partial charge in [-0.05, 0) is 25.3 Å². The fourth-order valence-electron chi connectivity index (χ4n) is 2.31. The van der Waals surface area contributed by atoms with Crippen LogP contribution in [0.3, 0.4) is 0 Å². The molecule has 0 spiro atoms. The number of rotatable bonds is 5. The summed E-state index contributed by atoms with van der Waals surface area (Å²) in [6.07, 6.45) is 2.12. The third-order valence-electron chi connectivity index (χ3n) is 3.67. The number of aryl methyl sites for hydroxylation is 1. The molecule has 3 rings (SSSR count). The lowest BCUT2D eigenvalue weighted by molar-refractivity contribution is 0.0700. The van der Waals surface area contributed by atoms with E-state index in [1.807, 2.05) is 11.9 Å². The zero-order valence-corrected chi connectivity index (χ0v) is 13.0. The zero-order valence-electron chi connectivity index (χ0n) is 12.2. The van der Waals surface area contributed by atoms with Crippen molar-refractivity contribution in [3.63, 3.8) is 0 Å². The van der Waals surface area contributed by atoms with E-state index in [-0.39, 0.29) is 0 Å². The molecule has 1 fully saturated rings. The van der Waals surface area contributed by atoms with Crippen LogP contribution in [0.1, 0.15) is 45.3 Å². The molecule has 4 nitrogen and oxygen atoms in total. The molecule has 5 heteroatoms. The summed E-state index contributed by atoms with van der Waals surface area (Å²) in [5, 5.41) is 10.1. The molecular weight excluding hydrogens is 284 g/mol. The molecule has 1 aliphatic carbocycles. The molecule has 0 radical (unpaired) electrons. The maximum absolute atomic E-state index is 11.3. The van der Waals surface area contributed by atoms with Crippen LogP contribution >= 0.6 is 11.3 Å². The lowest BCUT2D eigenvalue weighted by Gasteiger charge is -2.15. The Morgan fingerprint density at radius 2 is 2.05 bits per heavy atom. The van der Waals surface area contributed by atoms with Gasteiger partial charge in [-0.1, -0.05) is 41.2 Å². The van der Waals surface area contributed by atoms with Crippen molar-refractivity contribution in [2.45, 2.75) is 32.2 Å². The van der Waals surface area contributed by atoms with Crippen LogP contribution in [-0.2, 0) is 6.54 Å². The van der Waals surface area contributed by atoms with Crippen LogP contribution in [0.2, 0.25) is 0 Å². The Bertz CT molecular complexity index is 659. The van der Waals surface area contributed by atoms with Gasteiger partial charge in [0.25, 0.3) is 0 Å². The molecule has 1 N–H and O–H groups in total. The average Bonchev–Trinajstić information content (AvgIpc) is 3.19. The highest BCUT2D eigenvalue weighted by Gasteiger charge is 2.32. The van der Waals surface area contributed by atoms with Gasteiger partial charge in [0, 0.05) is 19.5 Å². The number of benzene rings is 1. The van der Waals surface area contributed by atoms with Crippen LogP contribution in [0.5, 0.6) is 0 Å². The lowest BCUT2D eigenvalue weighted by atomic mass is 10.1. The van der Waals surface area contributed by atoms with Gasteiger partial charge < -0.3 is 10.0 Å². The maximum Gasteiger partial charge on any atom is 0.347 e. The van der Waals surface area contributed by atoms with E-state index in [9.17, 15) is 9.90 Å². The Morgan fingerprint density at radius 3 is 2.62 bits per heavy atom. The first-order valence-corrected chi connectivity index (χ1v) is 7.87. The predicted molar refractivity (Wildman–Crippen MR) is 84.3 cm³/mol. The topological polar surface area (TPSA) is 53.4 Å². The number of aromatic nitrogens is 1. The van der Waals surface area contributed by atoms with Gasteiger partial charge in [-0.3, -0.25) is 0 Å². The SMILES string of the molecule is Cc1ccc(CN(C)c2nc(C3CC3)c(C(=O)O)s2)cc1. The van der Waals surface area contributed by atoms with Crippen LogP contribution in [0, 0.1) is 6.92 Å². The molecule has 0 atom stereocenters. The first-order valence-electron chi connectivity index (χ1n) is 7.05. The summed E-state index contributed by atoms with van der Waals surface area (Å²) in [4.78, 5) is 18.3. The van der Waals surface area contributed by atoms with E-state index in [0.29, 0.717) is 10.8 Å². The highest BCUT2D eigenvalue weighted by Crippen LogP contribution is 2.44. The number of hydrogen-bond acceptors (Lipinski definition) is 4. The summed E-state index contributed by atoms with van der Waals surface area (Å²) in [5.41, 5.74) is 3.21. The van der Waals surface area contributed by atoms with Crippen LogP contribution in [0.15, 0.2) is 24.3 Å². The van der Waals surface area contributed by atoms with E-state index in [0.717, 1.165) is 30.2 Å². The second-order valence-electron chi connectivity index (χ2n) is 5.63. The van der Waals surface area contributed by atoms with E-state index in [1.54, 1.807) is 0 Å². The van der Waals surface area contributed by atoms with Gasteiger partial charge in [-0.15, -0.1) is 0 Å². The summed E-state index contributed by atoms with van der Waals surface area (Å²) in [7, 11) is 1.96. The van der Waals surface area contributed by atoms with Gasteiger partial charge in [-0.25, -0.2) is 9.78 Å². The largest absolute Gasteiger partial charge is 0.477 e. The van der Waals surface area contributed by atoms with E-state index >= 15 is 0 Å². The third kappa shape index (κ3) is 3.08. The second kappa shape index (κ2) is 5.48. The summed E-state index contributed by atoms with van der Waals surface area (Å²) < 4.78 is 0. The first kappa shape index (κ1) is 14.1. The van der Waals surface area contributed by atoms with Crippen LogP contribution in [-0.4, -0.2) is 23.1 Å². The molecule has 0 unspecified atom stereocenters. The summed E-state index contributed by atoms with van der Waals surface area (Å²) in [5.74, 6) is -0.502. The molecule has 0 saturated heterocycles. The molecule has 1 heterocycles. The van der Waals surface area contributed by atoms with Gasteiger partial charge in [0.1, 0.15) is 4.88 Å². The summed E-state index contributed by atoms with van der Waals surface area (Å²) in [6, 6.07) is 8.37. The number of carbonyl (C=O) groups is 1. The predicted octanol–water partition coefficient (Wildman–Crippen LogP) is 3.66. The van der Waals surface area contributed by atoms with Crippen molar-refractivity contribution in [3.8, 4) is 0 Å². The Kier molecular flexibility index (Phi) is 3.68. The molecule has 0 aliphatic heterocycles. The van der Waals surface area contributed by atoms with Crippen molar-refractivity contribution in [1.82, 2.24) is 4.98 Å². The normalized spacial score (nSPS) is 14.2. The average molecular weight is 302 g/mol. The fourth-order valence-corrected chi connectivity index (χ4v) is 3.26. The highest BCUT2D eigenvalue weighted by atomic mass is 32.1. The van der Waals surface area contributed by atoms with Crippen LogP contribution < -0.4 is 4.90 Å². The zero-order chi connectivity index (χ0) is 15.0. The minimum atomic E-state index is -0.857. The molecule has 1 aromatic heterocycles. The third-order valence-corrected chi connectivity index (χ3v) is 4.84. The van der Waals surface area contributed by atoms with E-state index in [2.05, 4.69) is 36.2 Å². The Labute approximate surface area is 128 Å². The van der Waals surface area contributed by atoms with Crippen molar-refractivity contribution in [1.29, 1.82) is 0 Å². The van der Waals surface area contributed by atoms with E-state index < -0.39 is 5.97 Å². The molecule has 110 valence electrons. The van der Waals surface area contributed by atoms with Crippen LogP contribution in [0.25, 0.3) is 0 Å². The lowest BCUT2D eigenvalue weighted by Crippen LogP contribution is -2.16. The molecule has 21 heavy (non-hydrogen) atoms. The molecule has 0 bridgehead atoms. The van der Waals surface area contributed by atoms with Crippen molar-refractivity contribution in [2.24, 2.45) is 0 Å². The monoisotopic (exact) mass is 302 g/mol. The van der Waals surface area contributed by atoms with E-state index in [1.165, 1.54) is 22.5 Å². The molecule has 0 amide bonds. The number of thiazole rings is 1. The Hall–Kier alpha value is -1.88. The van der Waals surface area contributed by atoms with Crippen molar-refractivity contribution in [2.75, 3.05) is 11.9 Å². The van der Waals surface area contributed by atoms with Gasteiger partial charge in [0.2, 0.25) is 0 Å². The number of anilines is 1. The van der Waals surface area contributed by atoms with Crippen molar-refractivity contribution >= 4 is 22.4 Å². The Morgan fingerprint density at radius 1 is 1.38 bits per heavy atom. The smallest absolute Gasteiger partial charge is 0.347 e. The fraction of sp³-hybridized carbons (Fsp3) is 0.375. The van der Waals surface area contributed by atoms with Crippen molar-refractivity contribution in [3.05, 3.63) is 46.0 Å². The standard InChI is InChI=1S/C16H18N2O2S/c1-10-3-5-11(6-4-10)9-18(2)16-17-13(12-7-8-12)14(21-16)15(19)20/h3-6,12H,7-9H2,1-2H3,(H,19,20). The molecule has 1 saturated carbocycles. The van der Waals surface area contributed by atoms with Gasteiger partial charge in [-0.2, -0.15) is 0 Å². The van der Waals surface area contributed by atoms with Gasteiger partial charge >= 0.3 is 5.97 Å². The second-order valence-corrected chi connectivity index (χ2v) is 6.61. The number of aromatic carboxylic acids is 1. The molecule has 1 aliphatic rings. The molecule has 1 aromatic carbocycles. The summed E-state index contributed by atoms with van der Waals surface area (Å²) >= 11 is 1.28. The quantitative estimate of drug-likeness (QED) is 0.915. The number of carboxylic acids is 1. The van der Waals surface area contributed by atoms with Crippen molar-refractivity contribution < 1.29 is 9.90 Å². The van der Waals surface area contributed by atoms with Crippen LogP contribution in [0.4, 0.5) is 5.13 Å². The highest BCUT2D eigenvalue weighted by molar-refractivity contribution is 7.17. The van der Waals surface area contributed by atoms with E-state index in [4.69, 9.17) is 0 Å². The number of hydrogen-bond donors (Lipinski definition) is 1. The molecular formula is C16H18N2O2S. The summed E-state index contributed by atoms with van der Waals surface area (Å²) in [6.45, 7) is 2.80. The van der Waals surface area contributed by atoms with Gasteiger partial charge in [0.05, 0.1) is 5.69 Å². The number of carboxylic acid groups (broad SMARTS) is 1. The number of nitrogens with zero attached hydrogens (tertiary/aromatic N) is 2. The minimum absolute atomic E-state index is 0.355. The maximum atomic E-state index is 11.3. The minimum Gasteiger partial charge on any atom is -0.477 e. The van der Waals surface area contributed by atoms with Gasteiger partial charge in [0.15, 0.2) is 5.13 Å². The first-order chi connectivity index (χ1) is 10.0.